The Bertz CT molecular complexity index is 648. The Labute approximate surface area is 132 Å². The van der Waals surface area contributed by atoms with Gasteiger partial charge in [-0.25, -0.2) is 4.79 Å². The smallest absolute Gasteiger partial charge is 0.410 e. The summed E-state index contributed by atoms with van der Waals surface area (Å²) in [5.41, 5.74) is 3.68. The summed E-state index contributed by atoms with van der Waals surface area (Å²) in [6.45, 7) is 8.84. The maximum atomic E-state index is 12.0. The van der Waals surface area contributed by atoms with E-state index in [4.69, 9.17) is 10.00 Å². The third kappa shape index (κ3) is 3.88. The van der Waals surface area contributed by atoms with Gasteiger partial charge in [0.05, 0.1) is 11.6 Å². The van der Waals surface area contributed by atoms with Crippen LogP contribution in [0.3, 0.4) is 0 Å². The van der Waals surface area contributed by atoms with Gasteiger partial charge < -0.3 is 9.64 Å². The van der Waals surface area contributed by atoms with Crippen LogP contribution >= 0.6 is 0 Å². The third-order valence-electron chi connectivity index (χ3n) is 3.56. The first-order valence-corrected chi connectivity index (χ1v) is 7.48. The third-order valence-corrected chi connectivity index (χ3v) is 3.56. The summed E-state index contributed by atoms with van der Waals surface area (Å²) in [5.74, 6) is 0. The van der Waals surface area contributed by atoms with Gasteiger partial charge in [-0.15, -0.1) is 0 Å². The number of rotatable bonds is 1. The number of benzene rings is 1. The molecule has 116 valence electrons. The molecule has 1 aromatic carbocycles. The van der Waals surface area contributed by atoms with Gasteiger partial charge in [-0.2, -0.15) is 5.26 Å². The van der Waals surface area contributed by atoms with Crippen LogP contribution in [0.2, 0.25) is 0 Å². The van der Waals surface area contributed by atoms with Crippen LogP contribution in [0.1, 0.15) is 43.9 Å². The minimum atomic E-state index is -0.467. The number of aryl methyl sites for hydroxylation is 1. The fourth-order valence-electron chi connectivity index (χ4n) is 2.50. The molecule has 0 atom stereocenters. The number of nitrogens with zero attached hydrogens (tertiary/aromatic N) is 2. The van der Waals surface area contributed by atoms with Gasteiger partial charge in [0.15, 0.2) is 0 Å². The summed E-state index contributed by atoms with van der Waals surface area (Å²) < 4.78 is 5.39. The zero-order valence-corrected chi connectivity index (χ0v) is 13.6. The lowest BCUT2D eigenvalue weighted by molar-refractivity contribution is 0.0270. The van der Waals surface area contributed by atoms with Crippen molar-refractivity contribution in [2.24, 2.45) is 0 Å². The highest BCUT2D eigenvalue weighted by Gasteiger charge is 2.24. The maximum Gasteiger partial charge on any atom is 0.410 e. The number of hydrogen-bond acceptors (Lipinski definition) is 3. The number of hydrogen-bond donors (Lipinski definition) is 0. The molecule has 0 N–H and O–H groups in total. The van der Waals surface area contributed by atoms with Gasteiger partial charge in [-0.3, -0.25) is 0 Å². The van der Waals surface area contributed by atoms with E-state index in [-0.39, 0.29) is 6.09 Å². The van der Waals surface area contributed by atoms with E-state index in [1.54, 1.807) is 4.90 Å². The number of carbonyl (C=O) groups is 1. The standard InChI is InChI=1S/C18H22N2O2/c1-13-11-14(12-19)5-6-16(13)15-7-9-20(10-8-15)17(21)22-18(2,3)4/h5-7,11H,8-10H2,1-4H3. The minimum absolute atomic E-state index is 0.264. The molecule has 1 aliphatic rings. The van der Waals surface area contributed by atoms with Gasteiger partial charge in [0.25, 0.3) is 0 Å². The Morgan fingerprint density at radius 1 is 1.36 bits per heavy atom. The van der Waals surface area contributed by atoms with E-state index < -0.39 is 5.60 Å². The molecule has 0 bridgehead atoms. The first-order valence-electron chi connectivity index (χ1n) is 7.48. The van der Waals surface area contributed by atoms with Crippen LogP contribution in [0, 0.1) is 18.3 Å². The van der Waals surface area contributed by atoms with Gasteiger partial charge in [0.1, 0.15) is 5.60 Å². The van der Waals surface area contributed by atoms with Gasteiger partial charge in [-0.05, 0) is 62.9 Å². The normalized spacial score (nSPS) is 15.0. The zero-order valence-electron chi connectivity index (χ0n) is 13.6. The van der Waals surface area contributed by atoms with Crippen LogP contribution in [0.25, 0.3) is 5.57 Å². The summed E-state index contributed by atoms with van der Waals surface area (Å²) in [5, 5.41) is 8.93. The summed E-state index contributed by atoms with van der Waals surface area (Å²) >= 11 is 0. The fourth-order valence-corrected chi connectivity index (χ4v) is 2.50. The monoisotopic (exact) mass is 298 g/mol. The molecule has 4 nitrogen and oxygen atoms in total. The number of nitriles is 1. The Morgan fingerprint density at radius 3 is 2.59 bits per heavy atom. The molecular weight excluding hydrogens is 276 g/mol. The lowest BCUT2D eigenvalue weighted by atomic mass is 9.94. The first-order chi connectivity index (χ1) is 10.3. The zero-order chi connectivity index (χ0) is 16.3. The van der Waals surface area contributed by atoms with Crippen molar-refractivity contribution in [2.75, 3.05) is 13.1 Å². The van der Waals surface area contributed by atoms with Crippen molar-refractivity contribution < 1.29 is 9.53 Å². The average molecular weight is 298 g/mol. The molecule has 4 heteroatoms. The molecule has 22 heavy (non-hydrogen) atoms. The van der Waals surface area contributed by atoms with Crippen molar-refractivity contribution >= 4 is 11.7 Å². The molecule has 0 radical (unpaired) electrons. The Morgan fingerprint density at radius 2 is 2.09 bits per heavy atom. The van der Waals surface area contributed by atoms with E-state index in [1.165, 1.54) is 5.57 Å². The Hall–Kier alpha value is -2.28. The van der Waals surface area contributed by atoms with E-state index in [0.29, 0.717) is 18.7 Å². The molecule has 0 aromatic heterocycles. The topological polar surface area (TPSA) is 53.3 Å². The predicted molar refractivity (Wildman–Crippen MR) is 86.3 cm³/mol. The summed E-state index contributed by atoms with van der Waals surface area (Å²) in [6.07, 6.45) is 2.60. The average Bonchev–Trinajstić information content (AvgIpc) is 2.45. The van der Waals surface area contributed by atoms with Crippen molar-refractivity contribution in [3.05, 3.63) is 41.0 Å². The molecular formula is C18H22N2O2. The van der Waals surface area contributed by atoms with Crippen molar-refractivity contribution in [3.63, 3.8) is 0 Å². The highest BCUT2D eigenvalue weighted by Crippen LogP contribution is 2.26. The second-order valence-electron chi connectivity index (χ2n) is 6.55. The van der Waals surface area contributed by atoms with Gasteiger partial charge in [-0.1, -0.05) is 12.1 Å². The molecule has 0 unspecified atom stereocenters. The van der Waals surface area contributed by atoms with Crippen LogP contribution < -0.4 is 0 Å². The highest BCUT2D eigenvalue weighted by atomic mass is 16.6. The van der Waals surface area contributed by atoms with Crippen LogP contribution in [-0.2, 0) is 4.74 Å². The lowest BCUT2D eigenvalue weighted by Crippen LogP contribution is -2.39. The lowest BCUT2D eigenvalue weighted by Gasteiger charge is -2.30. The summed E-state index contributed by atoms with van der Waals surface area (Å²) in [6, 6.07) is 7.88. The Balaban J connectivity index is 2.09. The molecule has 0 aliphatic carbocycles. The second-order valence-corrected chi connectivity index (χ2v) is 6.55. The molecule has 1 aromatic rings. The minimum Gasteiger partial charge on any atom is -0.444 e. The maximum absolute atomic E-state index is 12.0. The van der Waals surface area contributed by atoms with E-state index in [0.717, 1.165) is 17.5 Å². The largest absolute Gasteiger partial charge is 0.444 e. The van der Waals surface area contributed by atoms with Crippen LogP contribution in [0.4, 0.5) is 4.79 Å². The van der Waals surface area contributed by atoms with Gasteiger partial charge >= 0.3 is 6.09 Å². The number of amides is 1. The van der Waals surface area contributed by atoms with Crippen LogP contribution in [-0.4, -0.2) is 29.7 Å². The second kappa shape index (κ2) is 6.23. The van der Waals surface area contributed by atoms with E-state index in [2.05, 4.69) is 12.1 Å². The fraction of sp³-hybridized carbons (Fsp3) is 0.444. The van der Waals surface area contributed by atoms with Crippen molar-refractivity contribution in [2.45, 2.75) is 39.7 Å². The molecule has 0 saturated heterocycles. The summed E-state index contributed by atoms with van der Waals surface area (Å²) in [7, 11) is 0. The molecule has 0 fully saturated rings. The van der Waals surface area contributed by atoms with E-state index in [1.807, 2.05) is 45.9 Å². The van der Waals surface area contributed by atoms with Gasteiger partial charge in [0, 0.05) is 13.1 Å². The molecule has 0 saturated carbocycles. The quantitative estimate of drug-likeness (QED) is 0.790. The predicted octanol–water partition coefficient (Wildman–Crippen LogP) is 3.89. The molecule has 1 aliphatic heterocycles. The van der Waals surface area contributed by atoms with Gasteiger partial charge in [0.2, 0.25) is 0 Å². The van der Waals surface area contributed by atoms with E-state index >= 15 is 0 Å². The van der Waals surface area contributed by atoms with Crippen molar-refractivity contribution in [1.29, 1.82) is 5.26 Å². The molecule has 1 heterocycles. The van der Waals surface area contributed by atoms with E-state index in [9.17, 15) is 4.79 Å². The SMILES string of the molecule is Cc1cc(C#N)ccc1C1=CCN(C(=O)OC(C)(C)C)CC1. The molecule has 2 rings (SSSR count). The number of ether oxygens (including phenoxy) is 1. The first kappa shape index (κ1) is 16.1. The van der Waals surface area contributed by atoms with Crippen LogP contribution in [0.5, 0.6) is 0 Å². The number of carbonyl (C=O) groups excluding carboxylic acids is 1. The van der Waals surface area contributed by atoms with Crippen LogP contribution in [0.15, 0.2) is 24.3 Å². The van der Waals surface area contributed by atoms with Crippen molar-refractivity contribution in [3.8, 4) is 6.07 Å². The molecule has 0 spiro atoms. The summed E-state index contributed by atoms with van der Waals surface area (Å²) in [4.78, 5) is 13.8. The Kier molecular flexibility index (Phi) is 4.56. The molecule has 1 amide bonds. The van der Waals surface area contributed by atoms with Crippen molar-refractivity contribution in [1.82, 2.24) is 4.90 Å². The highest BCUT2D eigenvalue weighted by molar-refractivity contribution is 5.74.